The van der Waals surface area contributed by atoms with Gasteiger partial charge in [-0.1, -0.05) is 18.2 Å². The topological polar surface area (TPSA) is 74.7 Å². The zero-order valence-corrected chi connectivity index (χ0v) is 11.9. The molecule has 0 spiro atoms. The van der Waals surface area contributed by atoms with Gasteiger partial charge in [-0.15, -0.1) is 0 Å². The van der Waals surface area contributed by atoms with Crippen molar-refractivity contribution >= 4 is 28.9 Å². The summed E-state index contributed by atoms with van der Waals surface area (Å²) in [5, 5.41) is 8.14. The van der Waals surface area contributed by atoms with Crippen molar-refractivity contribution in [2.75, 3.05) is 10.3 Å². The fraction of sp³-hybridized carbons (Fsp3) is 0.125. The zero-order chi connectivity index (χ0) is 15.5. The second kappa shape index (κ2) is 5.77. The third-order valence-electron chi connectivity index (χ3n) is 3.33. The maximum atomic E-state index is 12.5. The predicted octanol–water partition coefficient (Wildman–Crippen LogP) is 2.06. The average molecular weight is 294 g/mol. The van der Waals surface area contributed by atoms with E-state index in [4.69, 9.17) is 0 Å². The van der Waals surface area contributed by atoms with E-state index >= 15 is 0 Å². The van der Waals surface area contributed by atoms with Crippen LogP contribution in [0.15, 0.2) is 60.0 Å². The molecule has 6 heteroatoms. The molecule has 1 aliphatic rings. The van der Waals surface area contributed by atoms with Crippen LogP contribution in [0.3, 0.4) is 0 Å². The first-order chi connectivity index (χ1) is 10.7. The lowest BCUT2D eigenvalue weighted by Crippen LogP contribution is -2.36. The number of hydrogen-bond donors (Lipinski definition) is 1. The molecule has 0 fully saturated rings. The van der Waals surface area contributed by atoms with Crippen LogP contribution in [0.25, 0.3) is 0 Å². The van der Waals surface area contributed by atoms with E-state index in [9.17, 15) is 9.59 Å². The quantitative estimate of drug-likeness (QED) is 0.880. The summed E-state index contributed by atoms with van der Waals surface area (Å²) in [6.07, 6.45) is 3.15. The molecular weight excluding hydrogens is 280 g/mol. The van der Waals surface area contributed by atoms with Crippen molar-refractivity contribution in [3.8, 4) is 0 Å². The van der Waals surface area contributed by atoms with E-state index in [2.05, 4.69) is 15.4 Å². The number of nitrogens with zero attached hydrogens (tertiary/aromatic N) is 3. The summed E-state index contributed by atoms with van der Waals surface area (Å²) in [6.45, 7) is 1.67. The minimum Gasteiger partial charge on any atom is -0.325 e. The number of aromatic nitrogens is 1. The molecule has 2 heterocycles. The van der Waals surface area contributed by atoms with Crippen molar-refractivity contribution < 1.29 is 9.59 Å². The predicted molar refractivity (Wildman–Crippen MR) is 83.4 cm³/mol. The Bertz CT molecular complexity index is 728. The highest BCUT2D eigenvalue weighted by Crippen LogP contribution is 2.24. The second-order valence-corrected chi connectivity index (χ2v) is 4.89. The Labute approximate surface area is 127 Å². The minimum atomic E-state index is -0.916. The highest BCUT2D eigenvalue weighted by atomic mass is 16.2. The standard InChI is InChI=1S/C16H14N4O2/c1-11-14(15(21)18-12-6-3-2-4-7-12)16(22)20(19-11)13-8-5-9-17-10-13/h2-10,14H,1H3,(H,18,21). The molecule has 1 aromatic carbocycles. The maximum Gasteiger partial charge on any atom is 0.265 e. The number of anilines is 2. The summed E-state index contributed by atoms with van der Waals surface area (Å²) >= 11 is 0. The fourth-order valence-corrected chi connectivity index (χ4v) is 2.27. The first-order valence-corrected chi connectivity index (χ1v) is 6.82. The lowest BCUT2D eigenvalue weighted by atomic mass is 10.0. The number of hydrazone groups is 1. The molecule has 1 aromatic heterocycles. The molecular formula is C16H14N4O2. The molecule has 0 saturated heterocycles. The zero-order valence-electron chi connectivity index (χ0n) is 11.9. The lowest BCUT2D eigenvalue weighted by molar-refractivity contribution is -0.127. The highest BCUT2D eigenvalue weighted by Gasteiger charge is 2.39. The van der Waals surface area contributed by atoms with Crippen LogP contribution in [-0.4, -0.2) is 22.5 Å². The molecule has 2 aromatic rings. The largest absolute Gasteiger partial charge is 0.325 e. The third kappa shape index (κ3) is 2.58. The Hall–Kier alpha value is -3.02. The molecule has 2 amide bonds. The van der Waals surface area contributed by atoms with E-state index in [0.29, 0.717) is 17.1 Å². The molecule has 1 atom stereocenters. The van der Waals surface area contributed by atoms with Crippen LogP contribution in [0.4, 0.5) is 11.4 Å². The summed E-state index contributed by atoms with van der Waals surface area (Å²) in [6, 6.07) is 12.5. The van der Waals surface area contributed by atoms with Gasteiger partial charge in [-0.25, -0.2) is 0 Å². The van der Waals surface area contributed by atoms with Crippen LogP contribution in [0.5, 0.6) is 0 Å². The van der Waals surface area contributed by atoms with Crippen LogP contribution < -0.4 is 10.3 Å². The van der Waals surface area contributed by atoms with Gasteiger partial charge in [-0.2, -0.15) is 10.1 Å². The van der Waals surface area contributed by atoms with Crippen LogP contribution in [0.2, 0.25) is 0 Å². The van der Waals surface area contributed by atoms with Gasteiger partial charge >= 0.3 is 0 Å². The van der Waals surface area contributed by atoms with E-state index in [0.717, 1.165) is 0 Å². The SMILES string of the molecule is CC1=NN(c2cccnc2)C(=O)C1C(=O)Nc1ccccc1. The van der Waals surface area contributed by atoms with E-state index < -0.39 is 5.92 Å². The number of pyridine rings is 1. The number of carbonyl (C=O) groups excluding carboxylic acids is 2. The maximum absolute atomic E-state index is 12.5. The van der Waals surface area contributed by atoms with Crippen molar-refractivity contribution in [1.29, 1.82) is 0 Å². The van der Waals surface area contributed by atoms with Crippen LogP contribution in [-0.2, 0) is 9.59 Å². The van der Waals surface area contributed by atoms with Crippen molar-refractivity contribution in [2.45, 2.75) is 6.92 Å². The molecule has 6 nitrogen and oxygen atoms in total. The Morgan fingerprint density at radius 1 is 1.18 bits per heavy atom. The van der Waals surface area contributed by atoms with Crippen molar-refractivity contribution in [1.82, 2.24) is 4.98 Å². The lowest BCUT2D eigenvalue weighted by Gasteiger charge is -2.14. The Morgan fingerprint density at radius 2 is 1.95 bits per heavy atom. The van der Waals surface area contributed by atoms with Crippen LogP contribution in [0, 0.1) is 5.92 Å². The molecule has 0 bridgehead atoms. The van der Waals surface area contributed by atoms with Gasteiger partial charge in [0.1, 0.15) is 0 Å². The van der Waals surface area contributed by atoms with E-state index in [1.165, 1.54) is 11.2 Å². The van der Waals surface area contributed by atoms with E-state index in [1.807, 2.05) is 18.2 Å². The number of nitrogens with one attached hydrogen (secondary N) is 1. The first kappa shape index (κ1) is 13.9. The second-order valence-electron chi connectivity index (χ2n) is 4.89. The average Bonchev–Trinajstić information content (AvgIpc) is 2.84. The van der Waals surface area contributed by atoms with Crippen molar-refractivity contribution in [3.05, 3.63) is 54.9 Å². The number of rotatable bonds is 3. The smallest absolute Gasteiger partial charge is 0.265 e. The highest BCUT2D eigenvalue weighted by molar-refractivity contribution is 6.28. The molecule has 0 saturated carbocycles. The number of amides is 2. The fourth-order valence-electron chi connectivity index (χ4n) is 2.27. The molecule has 110 valence electrons. The summed E-state index contributed by atoms with van der Waals surface area (Å²) in [5.74, 6) is -1.68. The molecule has 3 rings (SSSR count). The summed E-state index contributed by atoms with van der Waals surface area (Å²) < 4.78 is 0. The van der Waals surface area contributed by atoms with Gasteiger partial charge in [0.25, 0.3) is 5.91 Å². The number of para-hydroxylation sites is 1. The summed E-state index contributed by atoms with van der Waals surface area (Å²) in [5.41, 5.74) is 1.65. The molecule has 1 unspecified atom stereocenters. The molecule has 0 aliphatic carbocycles. The molecule has 1 aliphatic heterocycles. The summed E-state index contributed by atoms with van der Waals surface area (Å²) in [4.78, 5) is 28.8. The van der Waals surface area contributed by atoms with E-state index in [-0.39, 0.29) is 11.8 Å². The van der Waals surface area contributed by atoms with Gasteiger partial charge < -0.3 is 5.32 Å². The normalized spacial score (nSPS) is 17.3. The van der Waals surface area contributed by atoms with Gasteiger partial charge in [0.05, 0.1) is 17.6 Å². The monoisotopic (exact) mass is 294 g/mol. The van der Waals surface area contributed by atoms with Gasteiger partial charge in [-0.05, 0) is 31.2 Å². The Morgan fingerprint density at radius 3 is 2.64 bits per heavy atom. The number of hydrogen-bond acceptors (Lipinski definition) is 4. The van der Waals surface area contributed by atoms with Crippen LogP contribution >= 0.6 is 0 Å². The van der Waals surface area contributed by atoms with Gasteiger partial charge in [-0.3, -0.25) is 14.6 Å². The molecule has 22 heavy (non-hydrogen) atoms. The Kier molecular flexibility index (Phi) is 3.65. The molecule has 0 radical (unpaired) electrons. The van der Waals surface area contributed by atoms with Gasteiger partial charge in [0.15, 0.2) is 5.92 Å². The van der Waals surface area contributed by atoms with Crippen LogP contribution in [0.1, 0.15) is 6.92 Å². The van der Waals surface area contributed by atoms with Gasteiger partial charge in [0, 0.05) is 11.9 Å². The number of carbonyl (C=O) groups is 2. The first-order valence-electron chi connectivity index (χ1n) is 6.82. The summed E-state index contributed by atoms with van der Waals surface area (Å²) in [7, 11) is 0. The third-order valence-corrected chi connectivity index (χ3v) is 3.33. The molecule has 1 N–H and O–H groups in total. The Balaban J connectivity index is 1.80. The minimum absolute atomic E-state index is 0.376. The van der Waals surface area contributed by atoms with Crippen molar-refractivity contribution in [2.24, 2.45) is 11.0 Å². The van der Waals surface area contributed by atoms with Gasteiger partial charge in [0.2, 0.25) is 5.91 Å². The number of benzene rings is 1. The van der Waals surface area contributed by atoms with Crippen molar-refractivity contribution in [3.63, 3.8) is 0 Å². The van der Waals surface area contributed by atoms with E-state index in [1.54, 1.807) is 37.4 Å².